The number of nitrogens with one attached hydrogen (secondary N) is 1. The maximum absolute atomic E-state index is 10.8. The van der Waals surface area contributed by atoms with Crippen LogP contribution in [0.4, 0.5) is 0 Å². The molecule has 0 aliphatic rings. The highest BCUT2D eigenvalue weighted by Crippen LogP contribution is 2.19. The molecular weight excluding hydrogens is 190 g/mol. The average molecular weight is 205 g/mol. The Hall–Kier alpha value is -1.77. The molecule has 3 nitrogen and oxygen atoms in total. The van der Waals surface area contributed by atoms with E-state index in [2.05, 4.69) is 5.32 Å². The van der Waals surface area contributed by atoms with Crippen LogP contribution in [0.5, 0.6) is 5.75 Å². The van der Waals surface area contributed by atoms with Crippen LogP contribution in [0.2, 0.25) is 0 Å². The number of amides is 1. The summed E-state index contributed by atoms with van der Waals surface area (Å²) in [6.07, 6.45) is 1.88. The molecule has 0 atom stereocenters. The minimum atomic E-state index is -0.0707. The zero-order valence-corrected chi connectivity index (χ0v) is 9.20. The molecule has 1 aromatic rings. The third-order valence-electron chi connectivity index (χ3n) is 1.88. The quantitative estimate of drug-likeness (QED) is 0.821. The predicted octanol–water partition coefficient (Wildman–Crippen LogP) is 2.19. The van der Waals surface area contributed by atoms with E-state index in [0.29, 0.717) is 0 Å². The highest BCUT2D eigenvalue weighted by atomic mass is 16.5. The van der Waals surface area contributed by atoms with E-state index in [4.69, 9.17) is 4.74 Å². The molecule has 0 radical (unpaired) electrons. The van der Waals surface area contributed by atoms with E-state index >= 15 is 0 Å². The Morgan fingerprint density at radius 2 is 2.00 bits per heavy atom. The lowest BCUT2D eigenvalue weighted by Crippen LogP contribution is -2.16. The summed E-state index contributed by atoms with van der Waals surface area (Å²) in [5.41, 5.74) is 1.75. The number of allylic oxidation sites excluding steroid dienone is 1. The van der Waals surface area contributed by atoms with Crippen LogP contribution in [0.1, 0.15) is 19.4 Å². The monoisotopic (exact) mass is 205 g/mol. The van der Waals surface area contributed by atoms with E-state index in [1.807, 2.05) is 37.3 Å². The number of hydrogen-bond acceptors (Lipinski definition) is 2. The van der Waals surface area contributed by atoms with Crippen molar-refractivity contribution in [1.29, 1.82) is 0 Å². The maximum Gasteiger partial charge on any atom is 0.220 e. The zero-order chi connectivity index (χ0) is 11.3. The highest BCUT2D eigenvalue weighted by Gasteiger charge is 1.99. The van der Waals surface area contributed by atoms with Gasteiger partial charge in [-0.1, -0.05) is 18.2 Å². The number of carbonyl (C=O) groups is 1. The Labute approximate surface area is 89.8 Å². The number of ether oxygens (including phenoxy) is 1. The summed E-state index contributed by atoms with van der Waals surface area (Å²) >= 11 is 0. The minimum absolute atomic E-state index is 0.0707. The first-order chi connectivity index (χ1) is 7.13. The summed E-state index contributed by atoms with van der Waals surface area (Å²) in [4.78, 5) is 10.8. The molecule has 0 bridgehead atoms. The van der Waals surface area contributed by atoms with Gasteiger partial charge in [-0.15, -0.1) is 0 Å². The van der Waals surface area contributed by atoms with Gasteiger partial charge in [-0.05, 0) is 19.1 Å². The van der Waals surface area contributed by atoms with Crippen LogP contribution in [0, 0.1) is 0 Å². The third-order valence-corrected chi connectivity index (χ3v) is 1.88. The van der Waals surface area contributed by atoms with E-state index in [0.717, 1.165) is 17.0 Å². The Morgan fingerprint density at radius 3 is 2.60 bits per heavy atom. The molecule has 1 amide bonds. The van der Waals surface area contributed by atoms with E-state index in [1.54, 1.807) is 7.11 Å². The lowest BCUT2D eigenvalue weighted by molar-refractivity contribution is -0.118. The van der Waals surface area contributed by atoms with Gasteiger partial charge >= 0.3 is 0 Å². The van der Waals surface area contributed by atoms with E-state index in [9.17, 15) is 4.79 Å². The summed E-state index contributed by atoms with van der Waals surface area (Å²) in [7, 11) is 1.63. The number of benzene rings is 1. The molecule has 0 saturated heterocycles. The summed E-state index contributed by atoms with van der Waals surface area (Å²) in [6, 6.07) is 7.65. The standard InChI is InChI=1S/C12H15NO2/c1-9(13-10(2)14)8-11-6-4-5-7-12(11)15-3/h4-8H,1-3H3,(H,13,14)/b9-8-. The predicted molar refractivity (Wildman–Crippen MR) is 60.5 cm³/mol. The van der Waals surface area contributed by atoms with Crippen molar-refractivity contribution in [2.45, 2.75) is 13.8 Å². The zero-order valence-electron chi connectivity index (χ0n) is 9.20. The van der Waals surface area contributed by atoms with Crippen molar-refractivity contribution in [2.24, 2.45) is 0 Å². The first-order valence-electron chi connectivity index (χ1n) is 4.72. The molecule has 3 heteroatoms. The largest absolute Gasteiger partial charge is 0.496 e. The van der Waals surface area contributed by atoms with Crippen LogP contribution in [-0.2, 0) is 4.79 Å². The van der Waals surface area contributed by atoms with Gasteiger partial charge in [0.05, 0.1) is 7.11 Å². The molecule has 1 aromatic carbocycles. The fraction of sp³-hybridized carbons (Fsp3) is 0.250. The van der Waals surface area contributed by atoms with Gasteiger partial charge in [0.25, 0.3) is 0 Å². The number of hydrogen-bond donors (Lipinski definition) is 1. The molecular formula is C12H15NO2. The number of carbonyl (C=O) groups excluding carboxylic acids is 1. The highest BCUT2D eigenvalue weighted by molar-refractivity contribution is 5.76. The fourth-order valence-corrected chi connectivity index (χ4v) is 1.33. The van der Waals surface area contributed by atoms with Gasteiger partial charge in [0.1, 0.15) is 5.75 Å². The van der Waals surface area contributed by atoms with Gasteiger partial charge in [0.2, 0.25) is 5.91 Å². The van der Waals surface area contributed by atoms with Crippen LogP contribution >= 0.6 is 0 Å². The molecule has 0 aromatic heterocycles. The molecule has 0 unspecified atom stereocenters. The van der Waals surface area contributed by atoms with Gasteiger partial charge in [-0.3, -0.25) is 4.79 Å². The number of para-hydroxylation sites is 1. The van der Waals surface area contributed by atoms with Crippen LogP contribution in [0.15, 0.2) is 30.0 Å². The second-order valence-electron chi connectivity index (χ2n) is 3.25. The Kier molecular flexibility index (Phi) is 3.92. The van der Waals surface area contributed by atoms with Crippen molar-refractivity contribution < 1.29 is 9.53 Å². The third kappa shape index (κ3) is 3.46. The molecule has 15 heavy (non-hydrogen) atoms. The molecule has 0 aliphatic carbocycles. The second kappa shape index (κ2) is 5.20. The van der Waals surface area contributed by atoms with Crippen molar-refractivity contribution in [1.82, 2.24) is 5.32 Å². The SMILES string of the molecule is COc1ccccc1/C=C(/C)NC(C)=O. The summed E-state index contributed by atoms with van der Waals surface area (Å²) in [5.74, 6) is 0.723. The van der Waals surface area contributed by atoms with Gasteiger partial charge in [0, 0.05) is 18.2 Å². The van der Waals surface area contributed by atoms with Crippen LogP contribution in [-0.4, -0.2) is 13.0 Å². The van der Waals surface area contributed by atoms with Crippen molar-refractivity contribution in [3.63, 3.8) is 0 Å². The van der Waals surface area contributed by atoms with E-state index in [-0.39, 0.29) is 5.91 Å². The van der Waals surface area contributed by atoms with Crippen molar-refractivity contribution in [3.8, 4) is 5.75 Å². The topological polar surface area (TPSA) is 38.3 Å². The van der Waals surface area contributed by atoms with Crippen molar-refractivity contribution >= 4 is 12.0 Å². The number of rotatable bonds is 3. The first kappa shape index (κ1) is 11.3. The first-order valence-corrected chi connectivity index (χ1v) is 4.72. The Morgan fingerprint density at radius 1 is 1.33 bits per heavy atom. The Bertz CT molecular complexity index is 383. The van der Waals surface area contributed by atoms with Crippen molar-refractivity contribution in [2.75, 3.05) is 7.11 Å². The summed E-state index contributed by atoms with van der Waals surface area (Å²) in [6.45, 7) is 3.33. The van der Waals surface area contributed by atoms with Crippen LogP contribution < -0.4 is 10.1 Å². The summed E-state index contributed by atoms with van der Waals surface area (Å²) < 4.78 is 5.19. The molecule has 0 spiro atoms. The molecule has 0 aliphatic heterocycles. The smallest absolute Gasteiger partial charge is 0.220 e. The van der Waals surface area contributed by atoms with E-state index in [1.165, 1.54) is 6.92 Å². The molecule has 0 heterocycles. The van der Waals surface area contributed by atoms with E-state index < -0.39 is 0 Å². The number of methoxy groups -OCH3 is 1. The van der Waals surface area contributed by atoms with Crippen molar-refractivity contribution in [3.05, 3.63) is 35.5 Å². The van der Waals surface area contributed by atoms with Gasteiger partial charge in [-0.25, -0.2) is 0 Å². The minimum Gasteiger partial charge on any atom is -0.496 e. The van der Waals surface area contributed by atoms with Gasteiger partial charge in [-0.2, -0.15) is 0 Å². The molecule has 80 valence electrons. The fourth-order valence-electron chi connectivity index (χ4n) is 1.33. The Balaban J connectivity index is 2.91. The van der Waals surface area contributed by atoms with Gasteiger partial charge in [0.15, 0.2) is 0 Å². The molecule has 1 N–H and O–H groups in total. The van der Waals surface area contributed by atoms with Crippen LogP contribution in [0.3, 0.4) is 0 Å². The second-order valence-corrected chi connectivity index (χ2v) is 3.25. The summed E-state index contributed by atoms with van der Waals surface area (Å²) in [5, 5.41) is 2.71. The normalized spacial score (nSPS) is 11.0. The maximum atomic E-state index is 10.8. The molecule has 0 saturated carbocycles. The lowest BCUT2D eigenvalue weighted by atomic mass is 10.1. The average Bonchev–Trinajstić information content (AvgIpc) is 2.17. The van der Waals surface area contributed by atoms with Crippen LogP contribution in [0.25, 0.3) is 6.08 Å². The lowest BCUT2D eigenvalue weighted by Gasteiger charge is -2.06. The molecule has 0 fully saturated rings. The van der Waals surface area contributed by atoms with Gasteiger partial charge < -0.3 is 10.1 Å². The molecule has 1 rings (SSSR count).